The summed E-state index contributed by atoms with van der Waals surface area (Å²) in [7, 11) is 0. The summed E-state index contributed by atoms with van der Waals surface area (Å²) in [5.41, 5.74) is 1.10. The average molecular weight is 294 g/mol. The van der Waals surface area contributed by atoms with E-state index in [1.807, 2.05) is 0 Å². The molecule has 2 aliphatic rings. The number of hydrogen-bond donors (Lipinski definition) is 1. The van der Waals surface area contributed by atoms with Gasteiger partial charge in [-0.05, 0) is 44.4 Å². The van der Waals surface area contributed by atoms with Gasteiger partial charge < -0.3 is 5.32 Å². The molecule has 1 aromatic rings. The average Bonchev–Trinajstić information content (AvgIpc) is 2.88. The van der Waals surface area contributed by atoms with Crippen molar-refractivity contribution in [1.29, 1.82) is 0 Å². The Morgan fingerprint density at radius 3 is 2.52 bits per heavy atom. The highest BCUT2D eigenvalue weighted by Crippen LogP contribution is 2.36. The number of nitrogens with one attached hydrogen (secondary N) is 1. The highest BCUT2D eigenvalue weighted by Gasteiger charge is 2.43. The van der Waals surface area contributed by atoms with Crippen LogP contribution in [0.5, 0.6) is 0 Å². The van der Waals surface area contributed by atoms with Gasteiger partial charge in [0.1, 0.15) is 0 Å². The van der Waals surface area contributed by atoms with Crippen molar-refractivity contribution in [3.63, 3.8) is 0 Å². The Morgan fingerprint density at radius 1 is 1.14 bits per heavy atom. The summed E-state index contributed by atoms with van der Waals surface area (Å²) in [5.74, 6) is -1.53. The van der Waals surface area contributed by atoms with Crippen molar-refractivity contribution in [3.8, 4) is 0 Å². The van der Waals surface area contributed by atoms with Crippen LogP contribution in [0.25, 0.3) is 0 Å². The van der Waals surface area contributed by atoms with E-state index in [9.17, 15) is 8.78 Å². The Kier molecular flexibility index (Phi) is 3.78. The monoisotopic (exact) mass is 294 g/mol. The molecular weight excluding hydrogens is 270 g/mol. The summed E-state index contributed by atoms with van der Waals surface area (Å²) in [4.78, 5) is 2.42. The van der Waals surface area contributed by atoms with E-state index in [-0.39, 0.29) is 11.1 Å². The van der Waals surface area contributed by atoms with Crippen LogP contribution in [-0.4, -0.2) is 29.1 Å². The van der Waals surface area contributed by atoms with Crippen LogP contribution < -0.4 is 5.32 Å². The molecule has 3 rings (SSSR count). The summed E-state index contributed by atoms with van der Waals surface area (Å²) in [6.07, 6.45) is 5.01. The number of halogens is 2. The van der Waals surface area contributed by atoms with Gasteiger partial charge in [0, 0.05) is 30.7 Å². The summed E-state index contributed by atoms with van der Waals surface area (Å²) in [6, 6.07) is 4.25. The summed E-state index contributed by atoms with van der Waals surface area (Å²) in [5, 5.41) is 3.75. The van der Waals surface area contributed by atoms with E-state index in [4.69, 9.17) is 0 Å². The predicted octanol–water partition coefficient (Wildman–Crippen LogP) is 3.46. The van der Waals surface area contributed by atoms with Gasteiger partial charge in [0.05, 0.1) is 0 Å². The van der Waals surface area contributed by atoms with Gasteiger partial charge in [0.2, 0.25) is 0 Å². The molecule has 1 aliphatic heterocycles. The van der Waals surface area contributed by atoms with Crippen LogP contribution in [0, 0.1) is 11.6 Å². The first-order chi connectivity index (χ1) is 9.90. The third-order valence-electron chi connectivity index (χ3n) is 5.16. The highest BCUT2D eigenvalue weighted by atomic mass is 19.2. The molecule has 0 unspecified atom stereocenters. The van der Waals surface area contributed by atoms with Gasteiger partial charge >= 0.3 is 0 Å². The minimum atomic E-state index is -0.773. The third-order valence-corrected chi connectivity index (χ3v) is 5.16. The van der Waals surface area contributed by atoms with Crippen molar-refractivity contribution >= 4 is 0 Å². The zero-order chi connectivity index (χ0) is 15.1. The molecule has 0 aromatic heterocycles. The Balaban J connectivity index is 1.78. The number of rotatable bonds is 2. The quantitative estimate of drug-likeness (QED) is 0.898. The Hall–Kier alpha value is -1.00. The standard InChI is InChI=1S/C17H24F2N2/c1-16(2)11-20-17(7-3-4-8-17)12-21(16)10-13-5-6-14(18)15(19)9-13/h5-6,9,20H,3-4,7-8,10-12H2,1-2H3. The number of hydrogen-bond acceptors (Lipinski definition) is 2. The Morgan fingerprint density at radius 2 is 1.86 bits per heavy atom. The summed E-state index contributed by atoms with van der Waals surface area (Å²) in [6.45, 7) is 7.02. The minimum absolute atomic E-state index is 0.0265. The van der Waals surface area contributed by atoms with Crippen molar-refractivity contribution in [2.75, 3.05) is 13.1 Å². The second kappa shape index (κ2) is 5.33. The van der Waals surface area contributed by atoms with Crippen LogP contribution in [0.15, 0.2) is 18.2 Å². The molecule has 0 atom stereocenters. The molecular formula is C17H24F2N2. The maximum Gasteiger partial charge on any atom is 0.159 e. The number of piperazine rings is 1. The molecule has 0 amide bonds. The lowest BCUT2D eigenvalue weighted by Crippen LogP contribution is -2.66. The van der Waals surface area contributed by atoms with Gasteiger partial charge in [0.15, 0.2) is 11.6 Å². The maximum atomic E-state index is 13.4. The van der Waals surface area contributed by atoms with Gasteiger partial charge in [-0.1, -0.05) is 18.9 Å². The number of nitrogens with zero attached hydrogens (tertiary/aromatic N) is 1. The molecule has 0 radical (unpaired) electrons. The molecule has 1 aliphatic carbocycles. The zero-order valence-electron chi connectivity index (χ0n) is 12.9. The molecule has 1 saturated carbocycles. The van der Waals surface area contributed by atoms with Crippen LogP contribution in [0.4, 0.5) is 8.78 Å². The van der Waals surface area contributed by atoms with E-state index < -0.39 is 11.6 Å². The van der Waals surface area contributed by atoms with E-state index in [0.717, 1.165) is 18.7 Å². The van der Waals surface area contributed by atoms with Crippen LogP contribution in [0.3, 0.4) is 0 Å². The molecule has 1 saturated heterocycles. The lowest BCUT2D eigenvalue weighted by molar-refractivity contribution is 0.0216. The lowest BCUT2D eigenvalue weighted by atomic mass is 9.87. The normalized spacial score (nSPS) is 24.6. The van der Waals surface area contributed by atoms with Crippen molar-refractivity contribution in [3.05, 3.63) is 35.4 Å². The van der Waals surface area contributed by atoms with Gasteiger partial charge in [0.25, 0.3) is 0 Å². The fourth-order valence-corrected chi connectivity index (χ4v) is 3.67. The van der Waals surface area contributed by atoms with Crippen LogP contribution in [-0.2, 0) is 6.54 Å². The van der Waals surface area contributed by atoms with Crippen LogP contribution in [0.2, 0.25) is 0 Å². The van der Waals surface area contributed by atoms with Crippen LogP contribution in [0.1, 0.15) is 45.1 Å². The maximum absolute atomic E-state index is 13.4. The topological polar surface area (TPSA) is 15.3 Å². The van der Waals surface area contributed by atoms with Gasteiger partial charge in [-0.15, -0.1) is 0 Å². The fourth-order valence-electron chi connectivity index (χ4n) is 3.67. The minimum Gasteiger partial charge on any atom is -0.308 e. The van der Waals surface area contributed by atoms with Crippen molar-refractivity contribution < 1.29 is 8.78 Å². The molecule has 116 valence electrons. The van der Waals surface area contributed by atoms with Crippen molar-refractivity contribution in [2.45, 2.75) is 57.2 Å². The van der Waals surface area contributed by atoms with E-state index in [1.54, 1.807) is 6.07 Å². The summed E-state index contributed by atoms with van der Waals surface area (Å²) >= 11 is 0. The van der Waals surface area contributed by atoms with E-state index in [2.05, 4.69) is 24.1 Å². The second-order valence-electron chi connectivity index (χ2n) is 7.26. The molecule has 4 heteroatoms. The first-order valence-corrected chi connectivity index (χ1v) is 7.84. The molecule has 21 heavy (non-hydrogen) atoms. The fraction of sp³-hybridized carbons (Fsp3) is 0.647. The molecule has 2 fully saturated rings. The SMILES string of the molecule is CC1(C)CNC2(CCCC2)CN1Cc1ccc(F)c(F)c1. The lowest BCUT2D eigenvalue weighted by Gasteiger charge is -2.51. The largest absolute Gasteiger partial charge is 0.308 e. The van der Waals surface area contributed by atoms with E-state index in [1.165, 1.54) is 37.8 Å². The third kappa shape index (κ3) is 2.97. The van der Waals surface area contributed by atoms with Crippen molar-refractivity contribution in [2.24, 2.45) is 0 Å². The molecule has 1 N–H and O–H groups in total. The predicted molar refractivity (Wildman–Crippen MR) is 80.0 cm³/mol. The molecule has 1 heterocycles. The molecule has 1 spiro atoms. The van der Waals surface area contributed by atoms with Gasteiger partial charge in [-0.2, -0.15) is 0 Å². The second-order valence-corrected chi connectivity index (χ2v) is 7.26. The Bertz CT molecular complexity index is 522. The molecule has 0 bridgehead atoms. The van der Waals surface area contributed by atoms with E-state index >= 15 is 0 Å². The highest BCUT2D eigenvalue weighted by molar-refractivity contribution is 5.19. The molecule has 2 nitrogen and oxygen atoms in total. The van der Waals surface area contributed by atoms with E-state index in [0.29, 0.717) is 6.54 Å². The number of benzene rings is 1. The van der Waals surface area contributed by atoms with Crippen LogP contribution >= 0.6 is 0 Å². The first-order valence-electron chi connectivity index (χ1n) is 7.84. The Labute approximate surface area is 125 Å². The summed E-state index contributed by atoms with van der Waals surface area (Å²) < 4.78 is 26.5. The van der Waals surface area contributed by atoms with Gasteiger partial charge in [-0.3, -0.25) is 4.90 Å². The first kappa shape index (κ1) is 14.9. The zero-order valence-corrected chi connectivity index (χ0v) is 12.9. The van der Waals surface area contributed by atoms with Crippen molar-refractivity contribution in [1.82, 2.24) is 10.2 Å². The smallest absolute Gasteiger partial charge is 0.159 e. The molecule has 1 aromatic carbocycles. The van der Waals surface area contributed by atoms with Gasteiger partial charge in [-0.25, -0.2) is 8.78 Å².